The summed E-state index contributed by atoms with van der Waals surface area (Å²) in [6, 6.07) is 0.580. The molecule has 0 aromatic heterocycles. The third kappa shape index (κ3) is 8.49. The molecule has 0 amide bonds. The lowest BCUT2D eigenvalue weighted by atomic mass is 9.46. The van der Waals surface area contributed by atoms with Crippen molar-refractivity contribution in [1.82, 2.24) is 10.6 Å². The lowest BCUT2D eigenvalue weighted by molar-refractivity contribution is -0.149. The molecule has 4 unspecified atom stereocenters. The fourth-order valence-electron chi connectivity index (χ4n) is 10.2. The van der Waals surface area contributed by atoms with E-state index in [4.69, 9.17) is 9.92 Å². The zero-order valence-electron chi connectivity index (χ0n) is 27.0. The van der Waals surface area contributed by atoms with Crippen molar-refractivity contribution in [2.45, 2.75) is 129 Å². The van der Waals surface area contributed by atoms with Crippen molar-refractivity contribution in [2.75, 3.05) is 26.2 Å². The van der Waals surface area contributed by atoms with Crippen LogP contribution in [0.25, 0.3) is 0 Å². The Kier molecular flexibility index (Phi) is 12.6. The van der Waals surface area contributed by atoms with Crippen LogP contribution in [-0.4, -0.2) is 62.5 Å². The minimum absolute atomic E-state index is 0.0239. The molecule has 8 nitrogen and oxygen atoms in total. The van der Waals surface area contributed by atoms with Crippen LogP contribution in [0.2, 0.25) is 0 Å². The highest BCUT2D eigenvalue weighted by atomic mass is 32.3. The molecule has 42 heavy (non-hydrogen) atoms. The van der Waals surface area contributed by atoms with E-state index in [-0.39, 0.29) is 12.0 Å². The molecule has 9 heteroatoms. The molecule has 4 fully saturated rings. The molecule has 0 aromatic carbocycles. The molecule has 4 aliphatic carbocycles. The van der Waals surface area contributed by atoms with Crippen LogP contribution in [0.1, 0.15) is 111 Å². The Hall–Kier alpha value is -0.290. The standard InChI is InChI=1S/C33H63N3O5S/c1-22(2)31(41-42(38,39)40)13-8-23(3)26-9-10-28-27(26)11-12-29-32(28)30(37)21-24-20-25(14-15-33(24,29)4)36-19-7-18-35-17-6-5-16-34/h22-32,35-37H,5-21,34H2,1-4H3,(H,38,39,40)/t23-,24-,25+,26-,27?,28?,29?,30-,31-,32?,33+/m1/s1. The number of nitrogens with one attached hydrogen (secondary N) is 2. The summed E-state index contributed by atoms with van der Waals surface area (Å²) in [5.74, 6) is 4.09. The molecule has 0 spiro atoms. The molecule has 4 rings (SSSR count). The quantitative estimate of drug-likeness (QED) is 0.119. The fraction of sp³-hybridized carbons (Fsp3) is 1.00. The molecule has 246 valence electrons. The number of hydrogen-bond acceptors (Lipinski definition) is 7. The van der Waals surface area contributed by atoms with Crippen molar-refractivity contribution < 1.29 is 22.3 Å². The van der Waals surface area contributed by atoms with E-state index >= 15 is 0 Å². The SMILES string of the molecule is CC(C)[C@@H](CC[C@@H](C)[C@H]1CCC2C3C(CCC21)[C@@]1(C)CC[C@H](NCCCNCCCCN)C[C@@H]1C[C@H]3O)OS(=O)(=O)O. The van der Waals surface area contributed by atoms with Gasteiger partial charge in [0.15, 0.2) is 0 Å². The molecule has 0 aliphatic heterocycles. The zero-order chi connectivity index (χ0) is 30.5. The minimum Gasteiger partial charge on any atom is -0.393 e. The maximum atomic E-state index is 11.7. The largest absolute Gasteiger partial charge is 0.397 e. The van der Waals surface area contributed by atoms with Gasteiger partial charge in [-0.1, -0.05) is 27.7 Å². The Morgan fingerprint density at radius 3 is 2.40 bits per heavy atom. The van der Waals surface area contributed by atoms with Crippen LogP contribution < -0.4 is 16.4 Å². The number of nitrogens with two attached hydrogens (primary N) is 1. The third-order valence-electron chi connectivity index (χ3n) is 12.5. The van der Waals surface area contributed by atoms with E-state index in [9.17, 15) is 18.1 Å². The first-order valence-corrected chi connectivity index (χ1v) is 18.8. The summed E-state index contributed by atoms with van der Waals surface area (Å²) in [4.78, 5) is 0. The van der Waals surface area contributed by atoms with Crippen molar-refractivity contribution >= 4 is 10.4 Å². The van der Waals surface area contributed by atoms with Gasteiger partial charge in [-0.3, -0.25) is 4.55 Å². The lowest BCUT2D eigenvalue weighted by Gasteiger charge is -2.60. The van der Waals surface area contributed by atoms with Crippen LogP contribution in [0.4, 0.5) is 0 Å². The summed E-state index contributed by atoms with van der Waals surface area (Å²) in [5, 5.41) is 19.1. The van der Waals surface area contributed by atoms with Gasteiger partial charge in [0.25, 0.3) is 0 Å². The highest BCUT2D eigenvalue weighted by Gasteiger charge is 2.59. The smallest absolute Gasteiger partial charge is 0.393 e. The normalized spacial score (nSPS) is 38.1. The molecule has 0 bridgehead atoms. The van der Waals surface area contributed by atoms with Gasteiger partial charge in [-0.05, 0) is 162 Å². The van der Waals surface area contributed by atoms with E-state index in [2.05, 4.69) is 24.5 Å². The predicted octanol–water partition coefficient (Wildman–Crippen LogP) is 5.16. The van der Waals surface area contributed by atoms with Gasteiger partial charge < -0.3 is 21.5 Å². The fourth-order valence-corrected chi connectivity index (χ4v) is 10.8. The molecule has 11 atom stereocenters. The van der Waals surface area contributed by atoms with Crippen LogP contribution in [0, 0.1) is 52.8 Å². The van der Waals surface area contributed by atoms with Crippen molar-refractivity contribution in [1.29, 1.82) is 0 Å². The topological polar surface area (TPSA) is 134 Å². The number of hydrogen-bond donors (Lipinski definition) is 5. The second-order valence-corrected chi connectivity index (χ2v) is 16.3. The summed E-state index contributed by atoms with van der Waals surface area (Å²) in [6.07, 6.45) is 13.9. The Morgan fingerprint density at radius 2 is 1.69 bits per heavy atom. The highest BCUT2D eigenvalue weighted by molar-refractivity contribution is 7.80. The van der Waals surface area contributed by atoms with E-state index in [1.165, 1.54) is 44.9 Å². The molecule has 6 N–H and O–H groups in total. The monoisotopic (exact) mass is 613 g/mol. The Bertz CT molecular complexity index is 935. The van der Waals surface area contributed by atoms with Gasteiger partial charge in [-0.2, -0.15) is 8.42 Å². The van der Waals surface area contributed by atoms with Crippen molar-refractivity contribution in [2.24, 2.45) is 58.5 Å². The first-order chi connectivity index (χ1) is 19.9. The molecular formula is C33H63N3O5S. The van der Waals surface area contributed by atoms with Gasteiger partial charge in [0.05, 0.1) is 12.2 Å². The number of rotatable bonds is 16. The summed E-state index contributed by atoms with van der Waals surface area (Å²) < 4.78 is 36.9. The first-order valence-electron chi connectivity index (χ1n) is 17.4. The Balaban J connectivity index is 1.28. The summed E-state index contributed by atoms with van der Waals surface area (Å²) in [5.41, 5.74) is 5.92. The van der Waals surface area contributed by atoms with Gasteiger partial charge in [0.2, 0.25) is 0 Å². The zero-order valence-corrected chi connectivity index (χ0v) is 27.8. The summed E-state index contributed by atoms with van der Waals surface area (Å²) in [6.45, 7) is 12.8. The van der Waals surface area contributed by atoms with Crippen molar-refractivity contribution in [3.05, 3.63) is 0 Å². The Morgan fingerprint density at radius 1 is 0.952 bits per heavy atom. The maximum absolute atomic E-state index is 11.7. The molecule has 0 heterocycles. The van der Waals surface area contributed by atoms with Gasteiger partial charge in [0, 0.05) is 6.04 Å². The van der Waals surface area contributed by atoms with Crippen LogP contribution in [-0.2, 0) is 14.6 Å². The molecule has 4 saturated carbocycles. The van der Waals surface area contributed by atoms with Gasteiger partial charge >= 0.3 is 10.4 Å². The Labute approximate surface area is 257 Å². The van der Waals surface area contributed by atoms with Crippen molar-refractivity contribution in [3.8, 4) is 0 Å². The first kappa shape index (κ1) is 34.6. The second-order valence-electron chi connectivity index (χ2n) is 15.2. The van der Waals surface area contributed by atoms with Crippen LogP contribution in [0.5, 0.6) is 0 Å². The van der Waals surface area contributed by atoms with Gasteiger partial charge in [-0.15, -0.1) is 0 Å². The van der Waals surface area contributed by atoms with Gasteiger partial charge in [-0.25, -0.2) is 4.18 Å². The highest BCUT2D eigenvalue weighted by Crippen LogP contribution is 2.64. The number of unbranched alkanes of at least 4 members (excludes halogenated alkanes) is 1. The van der Waals surface area contributed by atoms with Crippen molar-refractivity contribution in [3.63, 3.8) is 0 Å². The number of fused-ring (bicyclic) bond motifs is 5. The van der Waals surface area contributed by atoms with E-state index < -0.39 is 16.5 Å². The van der Waals surface area contributed by atoms with E-state index in [1.807, 2.05) is 13.8 Å². The maximum Gasteiger partial charge on any atom is 0.397 e. The predicted molar refractivity (Wildman–Crippen MR) is 169 cm³/mol. The van der Waals surface area contributed by atoms with Gasteiger partial charge in [0.1, 0.15) is 0 Å². The van der Waals surface area contributed by atoms with E-state index in [0.717, 1.165) is 58.3 Å². The summed E-state index contributed by atoms with van der Waals surface area (Å²) in [7, 11) is -4.44. The molecule has 0 saturated heterocycles. The average molecular weight is 614 g/mol. The second kappa shape index (κ2) is 15.3. The number of aliphatic hydroxyl groups excluding tert-OH is 1. The van der Waals surface area contributed by atoms with Crippen LogP contribution >= 0.6 is 0 Å². The molecule has 4 aliphatic rings. The van der Waals surface area contributed by atoms with E-state index in [0.29, 0.717) is 59.3 Å². The minimum atomic E-state index is -4.44. The summed E-state index contributed by atoms with van der Waals surface area (Å²) >= 11 is 0. The lowest BCUT2D eigenvalue weighted by Crippen LogP contribution is -2.57. The van der Waals surface area contributed by atoms with E-state index in [1.54, 1.807) is 0 Å². The van der Waals surface area contributed by atoms with Crippen LogP contribution in [0.3, 0.4) is 0 Å². The molecule has 0 radical (unpaired) electrons. The number of aliphatic hydroxyl groups is 1. The third-order valence-corrected chi connectivity index (χ3v) is 12.9. The van der Waals surface area contributed by atoms with Crippen LogP contribution in [0.15, 0.2) is 0 Å². The average Bonchev–Trinajstić information content (AvgIpc) is 3.37. The molecule has 0 aromatic rings. The molecular weight excluding hydrogens is 550 g/mol.